The maximum absolute atomic E-state index is 13.3. The van der Waals surface area contributed by atoms with E-state index >= 15 is 0 Å². The maximum Gasteiger partial charge on any atom is 0.301 e. The number of hydrogen-bond acceptors (Lipinski definition) is 6. The number of nitrogens with zero attached hydrogens (tertiary/aromatic N) is 2. The van der Waals surface area contributed by atoms with Crippen LogP contribution in [0, 0.1) is 6.92 Å². The Bertz CT molecular complexity index is 1530. The summed E-state index contributed by atoms with van der Waals surface area (Å²) in [5.74, 6) is -1.06. The maximum atomic E-state index is 13.3. The molecule has 1 saturated heterocycles. The monoisotopic (exact) mass is 538 g/mol. The molecule has 4 aromatic rings. The summed E-state index contributed by atoms with van der Waals surface area (Å²) < 4.78 is 5.93. The van der Waals surface area contributed by atoms with Crippen LogP contribution in [0.4, 0.5) is 5.13 Å². The summed E-state index contributed by atoms with van der Waals surface area (Å²) in [5, 5.41) is 13.6. The van der Waals surface area contributed by atoms with Crippen LogP contribution in [0.2, 0.25) is 0 Å². The summed E-state index contributed by atoms with van der Waals surface area (Å²) in [5.41, 5.74) is 4.48. The highest BCUT2D eigenvalue weighted by Crippen LogP contribution is 2.43. The third-order valence-electron chi connectivity index (χ3n) is 6.95. The highest BCUT2D eigenvalue weighted by molar-refractivity contribution is 7.14. The van der Waals surface area contributed by atoms with E-state index in [4.69, 9.17) is 4.74 Å². The van der Waals surface area contributed by atoms with E-state index in [0.29, 0.717) is 23.1 Å². The van der Waals surface area contributed by atoms with Crippen molar-refractivity contribution in [3.63, 3.8) is 0 Å². The summed E-state index contributed by atoms with van der Waals surface area (Å²) in [6.45, 7) is 8.82. The zero-order chi connectivity index (χ0) is 27.7. The van der Waals surface area contributed by atoms with E-state index in [2.05, 4.69) is 25.8 Å². The van der Waals surface area contributed by atoms with Gasteiger partial charge in [0, 0.05) is 17.1 Å². The van der Waals surface area contributed by atoms with Gasteiger partial charge in [-0.3, -0.25) is 14.5 Å². The highest BCUT2D eigenvalue weighted by Gasteiger charge is 2.48. The van der Waals surface area contributed by atoms with Gasteiger partial charge in [-0.15, -0.1) is 11.3 Å². The fourth-order valence-electron chi connectivity index (χ4n) is 4.64. The number of Topliss-reactive ketones (excluding diaryl/α,β-unsaturated/α-hetero) is 1. The first-order chi connectivity index (χ1) is 18.6. The minimum Gasteiger partial charge on any atom is -0.507 e. The van der Waals surface area contributed by atoms with Gasteiger partial charge in [0.2, 0.25) is 0 Å². The summed E-state index contributed by atoms with van der Waals surface area (Å²) in [6.07, 6.45) is 1.59. The van der Waals surface area contributed by atoms with Crippen molar-refractivity contribution in [3.05, 3.63) is 118 Å². The Kier molecular flexibility index (Phi) is 7.10. The molecule has 0 aliphatic carbocycles. The van der Waals surface area contributed by atoms with Crippen LogP contribution in [0.3, 0.4) is 0 Å². The predicted octanol–water partition coefficient (Wildman–Crippen LogP) is 6.95. The van der Waals surface area contributed by atoms with Crippen molar-refractivity contribution in [3.8, 4) is 5.75 Å². The molecular weight excluding hydrogens is 508 g/mol. The molecule has 1 aliphatic rings. The van der Waals surface area contributed by atoms with Crippen LogP contribution >= 0.6 is 11.3 Å². The molecule has 2 heterocycles. The molecule has 7 heteroatoms. The van der Waals surface area contributed by atoms with Gasteiger partial charge in [0.15, 0.2) is 5.13 Å². The van der Waals surface area contributed by atoms with E-state index in [1.54, 1.807) is 35.8 Å². The van der Waals surface area contributed by atoms with Gasteiger partial charge in [0.05, 0.1) is 11.6 Å². The van der Waals surface area contributed by atoms with Crippen molar-refractivity contribution in [2.45, 2.75) is 45.8 Å². The second-order valence-corrected chi connectivity index (χ2v) is 11.5. The lowest BCUT2D eigenvalue weighted by molar-refractivity contribution is -0.132. The Balaban J connectivity index is 1.50. The molecule has 1 aliphatic heterocycles. The van der Waals surface area contributed by atoms with Crippen molar-refractivity contribution in [1.82, 2.24) is 4.98 Å². The van der Waals surface area contributed by atoms with Crippen LogP contribution < -0.4 is 9.64 Å². The van der Waals surface area contributed by atoms with Crippen LogP contribution in [0.5, 0.6) is 5.75 Å². The SMILES string of the molecule is Cc1ccccc1COc1ccc(/C(O)=C2\C(=O)C(=O)N(c3nccs3)C2c2ccc(C(C)(C)C)cc2)cc1. The molecule has 1 amide bonds. The molecule has 6 nitrogen and oxygen atoms in total. The zero-order valence-electron chi connectivity index (χ0n) is 22.3. The Labute approximate surface area is 232 Å². The molecule has 0 radical (unpaired) electrons. The van der Waals surface area contributed by atoms with Crippen LogP contribution in [-0.4, -0.2) is 21.8 Å². The van der Waals surface area contributed by atoms with E-state index < -0.39 is 17.7 Å². The fourth-order valence-corrected chi connectivity index (χ4v) is 5.31. The standard InChI is InChI=1S/C32H30N2O4S/c1-20-7-5-6-8-23(20)19-38-25-15-11-22(12-16-25)28(35)26-27(21-9-13-24(14-10-21)32(2,3)4)34(30(37)29(26)36)31-33-17-18-39-31/h5-18,27,35H,19H2,1-4H3/b28-26+. The average Bonchev–Trinajstić information content (AvgIpc) is 3.54. The van der Waals surface area contributed by atoms with Gasteiger partial charge in [-0.1, -0.05) is 69.3 Å². The van der Waals surface area contributed by atoms with Gasteiger partial charge < -0.3 is 9.84 Å². The molecule has 1 unspecified atom stereocenters. The van der Waals surface area contributed by atoms with Crippen LogP contribution in [0.15, 0.2) is 89.9 Å². The molecule has 198 valence electrons. The molecule has 39 heavy (non-hydrogen) atoms. The van der Waals surface area contributed by atoms with E-state index in [1.807, 2.05) is 55.5 Å². The number of ether oxygens (including phenoxy) is 1. The number of ketones is 1. The Morgan fingerprint density at radius 2 is 1.69 bits per heavy atom. The lowest BCUT2D eigenvalue weighted by Gasteiger charge is -2.24. The lowest BCUT2D eigenvalue weighted by atomic mass is 9.85. The topological polar surface area (TPSA) is 79.7 Å². The van der Waals surface area contributed by atoms with Gasteiger partial charge in [-0.05, 0) is 58.9 Å². The minimum absolute atomic E-state index is 0.0345. The number of anilines is 1. The number of rotatable bonds is 6. The van der Waals surface area contributed by atoms with Crippen molar-refractivity contribution in [2.75, 3.05) is 4.90 Å². The first-order valence-electron chi connectivity index (χ1n) is 12.7. The number of thiazole rings is 1. The third-order valence-corrected chi connectivity index (χ3v) is 7.72. The van der Waals surface area contributed by atoms with Crippen LogP contribution in [0.25, 0.3) is 5.76 Å². The van der Waals surface area contributed by atoms with Crippen molar-refractivity contribution < 1.29 is 19.4 Å². The van der Waals surface area contributed by atoms with Crippen molar-refractivity contribution in [2.24, 2.45) is 0 Å². The molecule has 0 saturated carbocycles. The Morgan fingerprint density at radius 1 is 1.00 bits per heavy atom. The smallest absolute Gasteiger partial charge is 0.301 e. The van der Waals surface area contributed by atoms with Gasteiger partial charge in [0.25, 0.3) is 5.78 Å². The first kappa shape index (κ1) is 26.4. The van der Waals surface area contributed by atoms with Crippen molar-refractivity contribution in [1.29, 1.82) is 0 Å². The molecule has 3 aromatic carbocycles. The molecule has 1 atom stereocenters. The van der Waals surface area contributed by atoms with E-state index in [0.717, 1.165) is 22.3 Å². The van der Waals surface area contributed by atoms with Crippen LogP contribution in [0.1, 0.15) is 54.6 Å². The highest BCUT2D eigenvalue weighted by atomic mass is 32.1. The molecule has 1 aromatic heterocycles. The number of aliphatic hydroxyl groups excluding tert-OH is 1. The lowest BCUT2D eigenvalue weighted by Crippen LogP contribution is -2.29. The van der Waals surface area contributed by atoms with Crippen LogP contribution in [-0.2, 0) is 21.6 Å². The number of amides is 1. The minimum atomic E-state index is -0.804. The number of benzene rings is 3. The van der Waals surface area contributed by atoms with Crippen molar-refractivity contribution >= 4 is 33.9 Å². The molecule has 0 bridgehead atoms. The number of aryl methyl sites for hydroxylation is 1. The molecule has 1 fully saturated rings. The second kappa shape index (κ2) is 10.5. The quantitative estimate of drug-likeness (QED) is 0.163. The molecular formula is C32H30N2O4S. The summed E-state index contributed by atoms with van der Waals surface area (Å²) in [6, 6.07) is 21.9. The largest absolute Gasteiger partial charge is 0.507 e. The second-order valence-electron chi connectivity index (χ2n) is 10.6. The first-order valence-corrected chi connectivity index (χ1v) is 13.6. The Morgan fingerprint density at radius 3 is 2.31 bits per heavy atom. The number of carbonyl (C=O) groups is 2. The predicted molar refractivity (Wildman–Crippen MR) is 154 cm³/mol. The van der Waals surface area contributed by atoms with E-state index in [1.165, 1.54) is 16.2 Å². The number of aliphatic hydroxyl groups is 1. The fraction of sp³-hybridized carbons (Fsp3) is 0.219. The number of carbonyl (C=O) groups excluding carboxylic acids is 2. The number of aromatic nitrogens is 1. The van der Waals surface area contributed by atoms with E-state index in [-0.39, 0.29) is 16.7 Å². The normalized spacial score (nSPS) is 17.0. The summed E-state index contributed by atoms with van der Waals surface area (Å²) in [4.78, 5) is 32.3. The van der Waals surface area contributed by atoms with Gasteiger partial charge in [0.1, 0.15) is 18.1 Å². The molecule has 0 spiro atoms. The molecule has 1 N–H and O–H groups in total. The van der Waals surface area contributed by atoms with E-state index in [9.17, 15) is 14.7 Å². The van der Waals surface area contributed by atoms with Gasteiger partial charge >= 0.3 is 5.91 Å². The molecule has 5 rings (SSSR count). The van der Waals surface area contributed by atoms with Gasteiger partial charge in [-0.2, -0.15) is 0 Å². The Hall–Kier alpha value is -4.23. The zero-order valence-corrected chi connectivity index (χ0v) is 23.2. The average molecular weight is 539 g/mol. The summed E-state index contributed by atoms with van der Waals surface area (Å²) in [7, 11) is 0. The summed E-state index contributed by atoms with van der Waals surface area (Å²) >= 11 is 1.27. The number of hydrogen-bond donors (Lipinski definition) is 1. The third kappa shape index (κ3) is 5.22. The van der Waals surface area contributed by atoms with Gasteiger partial charge in [-0.25, -0.2) is 4.98 Å².